The average Bonchev–Trinajstić information content (AvgIpc) is 2.83. The van der Waals surface area contributed by atoms with Gasteiger partial charge in [-0.05, 0) is 43.7 Å². The van der Waals surface area contributed by atoms with E-state index >= 15 is 0 Å². The maximum atomic E-state index is 2.37. The molecule has 1 aromatic heterocycles. The van der Waals surface area contributed by atoms with Crippen LogP contribution in [-0.4, -0.2) is 4.57 Å². The number of nitrogens with zero attached hydrogens (tertiary/aromatic N) is 1. The molecular weight excluding hydrogens is 254 g/mol. The third kappa shape index (κ3) is 1.78. The van der Waals surface area contributed by atoms with Crippen LogP contribution in [-0.2, 0) is 0 Å². The first kappa shape index (κ1) is 12.2. The number of fused-ring (bicyclic) bond motifs is 3. The highest BCUT2D eigenvalue weighted by atomic mass is 15.0. The van der Waals surface area contributed by atoms with Crippen LogP contribution in [0.15, 0.2) is 66.7 Å². The minimum atomic E-state index is 1.22. The molecule has 0 bridgehead atoms. The molecule has 21 heavy (non-hydrogen) atoms. The summed E-state index contributed by atoms with van der Waals surface area (Å²) in [6, 6.07) is 23.8. The Kier molecular flexibility index (Phi) is 2.61. The number of aromatic nitrogens is 1. The van der Waals surface area contributed by atoms with Crippen molar-refractivity contribution in [1.29, 1.82) is 0 Å². The van der Waals surface area contributed by atoms with Gasteiger partial charge in [-0.25, -0.2) is 0 Å². The number of rotatable bonds is 1. The minimum Gasteiger partial charge on any atom is -0.309 e. The quantitative estimate of drug-likeness (QED) is 0.437. The van der Waals surface area contributed by atoms with E-state index in [1.54, 1.807) is 0 Å². The van der Waals surface area contributed by atoms with E-state index in [-0.39, 0.29) is 0 Å². The first-order chi connectivity index (χ1) is 10.3. The van der Waals surface area contributed by atoms with Crippen molar-refractivity contribution in [2.75, 3.05) is 0 Å². The van der Waals surface area contributed by atoms with E-state index in [9.17, 15) is 0 Å². The van der Waals surface area contributed by atoms with Crippen LogP contribution in [0.5, 0.6) is 0 Å². The van der Waals surface area contributed by atoms with Gasteiger partial charge in [0.1, 0.15) is 0 Å². The Balaban J connectivity index is 2.27. The fraction of sp³-hybridized carbons (Fsp3) is 0.100. The van der Waals surface area contributed by atoms with Gasteiger partial charge in [-0.15, -0.1) is 0 Å². The molecule has 0 atom stereocenters. The number of hydrogen-bond donors (Lipinski definition) is 0. The molecular formula is C20H17N. The smallest absolute Gasteiger partial charge is 0.0570 e. The highest BCUT2D eigenvalue weighted by Gasteiger charge is 2.13. The molecule has 0 fully saturated rings. The molecule has 1 nitrogen and oxygen atoms in total. The molecule has 0 N–H and O–H groups in total. The zero-order valence-corrected chi connectivity index (χ0v) is 12.3. The molecule has 4 rings (SSSR count). The number of benzene rings is 3. The van der Waals surface area contributed by atoms with Crippen LogP contribution in [0.3, 0.4) is 0 Å². The molecule has 0 saturated carbocycles. The summed E-state index contributed by atoms with van der Waals surface area (Å²) >= 11 is 0. The maximum absolute atomic E-state index is 2.37. The molecule has 0 aliphatic heterocycles. The molecule has 0 aliphatic carbocycles. The molecule has 1 heteroatoms. The highest BCUT2D eigenvalue weighted by Crippen LogP contribution is 2.34. The van der Waals surface area contributed by atoms with E-state index in [0.29, 0.717) is 0 Å². The first-order valence-electron chi connectivity index (χ1n) is 7.31. The van der Waals surface area contributed by atoms with Crippen molar-refractivity contribution in [2.45, 2.75) is 13.8 Å². The third-order valence-electron chi connectivity index (χ3n) is 4.12. The first-order valence-corrected chi connectivity index (χ1v) is 7.31. The third-order valence-corrected chi connectivity index (χ3v) is 4.12. The van der Waals surface area contributed by atoms with Gasteiger partial charge in [0.05, 0.1) is 11.0 Å². The van der Waals surface area contributed by atoms with Crippen LogP contribution in [0.25, 0.3) is 27.5 Å². The Hall–Kier alpha value is -2.54. The van der Waals surface area contributed by atoms with Gasteiger partial charge in [-0.1, -0.05) is 48.0 Å². The lowest BCUT2D eigenvalue weighted by Gasteiger charge is -2.09. The summed E-state index contributed by atoms with van der Waals surface area (Å²) in [7, 11) is 0. The van der Waals surface area contributed by atoms with E-state index in [1.807, 2.05) is 0 Å². The number of aryl methyl sites for hydroxylation is 2. The molecule has 0 aliphatic rings. The van der Waals surface area contributed by atoms with Gasteiger partial charge in [0.15, 0.2) is 0 Å². The monoisotopic (exact) mass is 271 g/mol. The lowest BCUT2D eigenvalue weighted by Crippen LogP contribution is -1.94. The van der Waals surface area contributed by atoms with Crippen molar-refractivity contribution in [1.82, 2.24) is 4.57 Å². The van der Waals surface area contributed by atoms with Gasteiger partial charge in [-0.2, -0.15) is 0 Å². The van der Waals surface area contributed by atoms with Crippen molar-refractivity contribution in [3.8, 4) is 5.69 Å². The highest BCUT2D eigenvalue weighted by molar-refractivity contribution is 6.10. The number of hydrogen-bond acceptors (Lipinski definition) is 0. The minimum absolute atomic E-state index is 1.22. The van der Waals surface area contributed by atoms with Gasteiger partial charge in [0, 0.05) is 16.5 Å². The Bertz CT molecular complexity index is 946. The molecule has 1 heterocycles. The van der Waals surface area contributed by atoms with E-state index in [2.05, 4.69) is 85.1 Å². The summed E-state index contributed by atoms with van der Waals surface area (Å²) in [5.41, 5.74) is 6.44. The van der Waals surface area contributed by atoms with Crippen molar-refractivity contribution in [3.63, 3.8) is 0 Å². The van der Waals surface area contributed by atoms with Crippen molar-refractivity contribution in [3.05, 3.63) is 77.9 Å². The second-order valence-electron chi connectivity index (χ2n) is 5.67. The zero-order chi connectivity index (χ0) is 14.4. The summed E-state index contributed by atoms with van der Waals surface area (Å²) in [4.78, 5) is 0. The summed E-state index contributed by atoms with van der Waals surface area (Å²) in [5, 5.41) is 2.66. The van der Waals surface area contributed by atoms with Gasteiger partial charge >= 0.3 is 0 Å². The van der Waals surface area contributed by atoms with Crippen LogP contribution >= 0.6 is 0 Å². The standard InChI is InChI=1S/C20H17N/c1-14-12-15(2)20-18(13-14)17-10-6-7-11-19(17)21(20)16-8-4-3-5-9-16/h3-13H,1-2H3. The van der Waals surface area contributed by atoms with Gasteiger partial charge in [0.2, 0.25) is 0 Å². The van der Waals surface area contributed by atoms with Crippen molar-refractivity contribution in [2.24, 2.45) is 0 Å². The lowest BCUT2D eigenvalue weighted by molar-refractivity contribution is 1.17. The molecule has 0 amide bonds. The zero-order valence-electron chi connectivity index (χ0n) is 12.3. The maximum Gasteiger partial charge on any atom is 0.0570 e. The molecule has 4 aromatic rings. The molecule has 0 spiro atoms. The van der Waals surface area contributed by atoms with E-state index < -0.39 is 0 Å². The Morgan fingerprint density at radius 2 is 1.43 bits per heavy atom. The van der Waals surface area contributed by atoms with Crippen LogP contribution < -0.4 is 0 Å². The summed E-state index contributed by atoms with van der Waals surface area (Å²) in [6.45, 7) is 4.37. The predicted molar refractivity (Wildman–Crippen MR) is 90.3 cm³/mol. The Labute approximate surface area is 124 Å². The second kappa shape index (κ2) is 4.49. The fourth-order valence-electron chi connectivity index (χ4n) is 3.32. The van der Waals surface area contributed by atoms with E-state index in [0.717, 1.165) is 0 Å². The predicted octanol–water partition coefficient (Wildman–Crippen LogP) is 5.40. The summed E-state index contributed by atoms with van der Waals surface area (Å²) in [6.07, 6.45) is 0. The fourth-order valence-corrected chi connectivity index (χ4v) is 3.32. The van der Waals surface area contributed by atoms with Crippen LogP contribution in [0, 0.1) is 13.8 Å². The largest absolute Gasteiger partial charge is 0.309 e. The van der Waals surface area contributed by atoms with E-state index in [4.69, 9.17) is 0 Å². The van der Waals surface area contributed by atoms with Gasteiger partial charge in [-0.3, -0.25) is 0 Å². The second-order valence-corrected chi connectivity index (χ2v) is 5.67. The van der Waals surface area contributed by atoms with E-state index in [1.165, 1.54) is 38.6 Å². The Morgan fingerprint density at radius 3 is 2.24 bits per heavy atom. The molecule has 3 aromatic carbocycles. The van der Waals surface area contributed by atoms with Crippen molar-refractivity contribution < 1.29 is 0 Å². The summed E-state index contributed by atoms with van der Waals surface area (Å²) in [5.74, 6) is 0. The molecule has 0 radical (unpaired) electrons. The van der Waals surface area contributed by atoms with Crippen molar-refractivity contribution >= 4 is 21.8 Å². The Morgan fingerprint density at radius 1 is 0.714 bits per heavy atom. The lowest BCUT2D eigenvalue weighted by atomic mass is 10.1. The normalized spacial score (nSPS) is 11.3. The molecule has 0 saturated heterocycles. The van der Waals surface area contributed by atoms with Crippen LogP contribution in [0.1, 0.15) is 11.1 Å². The molecule has 0 unspecified atom stereocenters. The van der Waals surface area contributed by atoms with Crippen LogP contribution in [0.4, 0.5) is 0 Å². The van der Waals surface area contributed by atoms with Gasteiger partial charge < -0.3 is 4.57 Å². The van der Waals surface area contributed by atoms with Gasteiger partial charge in [0.25, 0.3) is 0 Å². The molecule has 102 valence electrons. The summed E-state index contributed by atoms with van der Waals surface area (Å²) < 4.78 is 2.37. The SMILES string of the molecule is Cc1cc(C)c2c(c1)c1ccccc1n2-c1ccccc1. The number of para-hydroxylation sites is 2. The average molecular weight is 271 g/mol. The van der Waals surface area contributed by atoms with Crippen LogP contribution in [0.2, 0.25) is 0 Å². The topological polar surface area (TPSA) is 4.93 Å².